The summed E-state index contributed by atoms with van der Waals surface area (Å²) in [5, 5.41) is 84.8. The molecule has 0 radical (unpaired) electrons. The van der Waals surface area contributed by atoms with E-state index in [4.69, 9.17) is 20.9 Å². The summed E-state index contributed by atoms with van der Waals surface area (Å²) in [6.07, 6.45) is -0.931. The summed E-state index contributed by atoms with van der Waals surface area (Å²) >= 11 is 3.36. The van der Waals surface area contributed by atoms with Gasteiger partial charge in [-0.15, -0.1) is 0 Å². The van der Waals surface area contributed by atoms with E-state index in [-0.39, 0.29) is 6.54 Å². The molecular weight excluding hydrogens is 575 g/mol. The van der Waals surface area contributed by atoms with Gasteiger partial charge in [-0.05, 0) is 69.5 Å². The molecule has 4 unspecified atom stereocenters. The quantitative estimate of drug-likeness (QED) is 0.0463. The molecule has 0 heterocycles. The van der Waals surface area contributed by atoms with Crippen LogP contribution in [0.2, 0.25) is 0 Å². The SMILES string of the molecule is N#CNSc1cc(NCC(O)C(O)C(O)C(O)CO)c2ccc3c(SNC#N)cc(SNC#N)c4ccc1c2c34. The molecule has 4 aromatic rings. The van der Waals surface area contributed by atoms with Gasteiger partial charge >= 0.3 is 0 Å². The molecular formula is C25H23N7O5S3. The van der Waals surface area contributed by atoms with E-state index in [1.54, 1.807) is 6.07 Å². The normalized spacial score (nSPS) is 14.2. The molecule has 12 nitrogen and oxygen atoms in total. The first-order valence-corrected chi connectivity index (χ1v) is 14.1. The van der Waals surface area contributed by atoms with Crippen molar-refractivity contribution >= 4 is 73.8 Å². The second-order valence-corrected chi connectivity index (χ2v) is 11.0. The van der Waals surface area contributed by atoms with Gasteiger partial charge in [0.2, 0.25) is 0 Å². The molecule has 0 fully saturated rings. The Morgan fingerprint density at radius 2 is 1.07 bits per heavy atom. The van der Waals surface area contributed by atoms with E-state index < -0.39 is 31.0 Å². The highest BCUT2D eigenvalue weighted by atomic mass is 32.2. The average Bonchev–Trinajstić information content (AvgIpc) is 2.98. The zero-order valence-electron chi connectivity index (χ0n) is 20.5. The molecule has 40 heavy (non-hydrogen) atoms. The van der Waals surface area contributed by atoms with Crippen LogP contribution in [-0.2, 0) is 0 Å². The van der Waals surface area contributed by atoms with Crippen molar-refractivity contribution in [2.75, 3.05) is 18.5 Å². The highest BCUT2D eigenvalue weighted by molar-refractivity contribution is 7.98. The number of nitriles is 3. The number of hydrogen-bond donors (Lipinski definition) is 9. The zero-order valence-corrected chi connectivity index (χ0v) is 22.9. The number of nitrogens with zero attached hydrogens (tertiary/aromatic N) is 3. The van der Waals surface area contributed by atoms with Gasteiger partial charge in [0, 0.05) is 37.7 Å². The Kier molecular flexibility index (Phi) is 9.71. The average molecular weight is 598 g/mol. The first kappa shape index (κ1) is 29.4. The Morgan fingerprint density at radius 1 is 0.650 bits per heavy atom. The maximum absolute atomic E-state index is 10.5. The summed E-state index contributed by atoms with van der Waals surface area (Å²) < 4.78 is 7.78. The number of hydrogen-bond acceptors (Lipinski definition) is 15. The van der Waals surface area contributed by atoms with Crippen LogP contribution in [0.15, 0.2) is 51.1 Å². The molecule has 0 aliphatic carbocycles. The molecule has 0 spiro atoms. The maximum Gasteiger partial charge on any atom is 0.187 e. The summed E-state index contributed by atoms with van der Waals surface area (Å²) in [7, 11) is 0. The number of aliphatic hydroxyl groups excluding tert-OH is 5. The lowest BCUT2D eigenvalue weighted by Gasteiger charge is -2.26. The van der Waals surface area contributed by atoms with E-state index in [0.717, 1.165) is 78.0 Å². The Hall–Kier alpha value is -3.56. The van der Waals surface area contributed by atoms with E-state index in [1.807, 2.05) is 48.9 Å². The molecule has 0 aromatic heterocycles. The third-order valence-electron chi connectivity index (χ3n) is 6.23. The molecule has 4 rings (SSSR count). The number of rotatable bonds is 13. The van der Waals surface area contributed by atoms with E-state index in [2.05, 4.69) is 19.5 Å². The predicted molar refractivity (Wildman–Crippen MR) is 154 cm³/mol. The van der Waals surface area contributed by atoms with Crippen LogP contribution in [0.4, 0.5) is 5.69 Å². The van der Waals surface area contributed by atoms with E-state index in [9.17, 15) is 20.4 Å². The summed E-state index contributed by atoms with van der Waals surface area (Å²) in [4.78, 5) is 2.20. The van der Waals surface area contributed by atoms with Crippen molar-refractivity contribution < 1.29 is 25.5 Å². The minimum Gasteiger partial charge on any atom is -0.394 e. The lowest BCUT2D eigenvalue weighted by atomic mass is 9.93. The van der Waals surface area contributed by atoms with Crippen LogP contribution in [-0.4, -0.2) is 63.1 Å². The molecule has 9 N–H and O–H groups in total. The van der Waals surface area contributed by atoms with E-state index in [0.29, 0.717) is 10.6 Å². The largest absolute Gasteiger partial charge is 0.394 e. The van der Waals surface area contributed by atoms with Crippen molar-refractivity contribution in [3.05, 3.63) is 36.4 Å². The summed E-state index contributed by atoms with van der Waals surface area (Å²) in [6, 6.07) is 11.3. The van der Waals surface area contributed by atoms with Gasteiger partial charge in [-0.3, -0.25) is 14.2 Å². The van der Waals surface area contributed by atoms with Crippen molar-refractivity contribution in [2.45, 2.75) is 39.1 Å². The second-order valence-electron chi connectivity index (χ2n) is 8.49. The van der Waals surface area contributed by atoms with Crippen LogP contribution in [0.25, 0.3) is 32.3 Å². The minimum atomic E-state index is -1.76. The Balaban J connectivity index is 1.88. The molecule has 15 heteroatoms. The molecule has 4 atom stereocenters. The van der Waals surface area contributed by atoms with Gasteiger partial charge in [-0.2, -0.15) is 15.8 Å². The molecule has 0 aliphatic heterocycles. The van der Waals surface area contributed by atoms with E-state index >= 15 is 0 Å². The first-order valence-electron chi connectivity index (χ1n) is 11.6. The number of nitrogens with one attached hydrogen (secondary N) is 4. The second kappa shape index (κ2) is 13.2. The molecule has 0 bridgehead atoms. The Labute approximate surface area is 241 Å². The highest BCUT2D eigenvalue weighted by Gasteiger charge is 2.30. The monoisotopic (exact) mass is 597 g/mol. The highest BCUT2D eigenvalue weighted by Crippen LogP contribution is 2.46. The predicted octanol–water partition coefficient (Wildman–Crippen LogP) is 1.67. The fourth-order valence-corrected chi connectivity index (χ4v) is 6.34. The Bertz CT molecular complexity index is 1600. The van der Waals surface area contributed by atoms with Crippen molar-refractivity contribution in [3.63, 3.8) is 0 Å². The Morgan fingerprint density at radius 3 is 1.55 bits per heavy atom. The minimum absolute atomic E-state index is 0.212. The molecule has 0 saturated heterocycles. The lowest BCUT2D eigenvalue weighted by molar-refractivity contribution is -0.111. The van der Waals surface area contributed by atoms with Crippen LogP contribution in [0.1, 0.15) is 0 Å². The summed E-state index contributed by atoms with van der Waals surface area (Å²) in [5.41, 5.74) is 0.560. The number of aliphatic hydroxyl groups is 5. The summed E-state index contributed by atoms with van der Waals surface area (Å²) in [6.45, 7) is -0.995. The topological polar surface area (TPSA) is 221 Å². The number of benzene rings is 4. The molecule has 4 aromatic carbocycles. The van der Waals surface area contributed by atoms with Gasteiger partial charge in [-0.1, -0.05) is 24.3 Å². The van der Waals surface area contributed by atoms with Crippen molar-refractivity contribution in [2.24, 2.45) is 0 Å². The molecule has 0 aliphatic rings. The van der Waals surface area contributed by atoms with Gasteiger partial charge in [0.15, 0.2) is 18.6 Å². The van der Waals surface area contributed by atoms with Gasteiger partial charge in [0.25, 0.3) is 0 Å². The van der Waals surface area contributed by atoms with Crippen LogP contribution >= 0.6 is 35.8 Å². The fraction of sp³-hybridized carbons (Fsp3) is 0.240. The van der Waals surface area contributed by atoms with Crippen LogP contribution in [0.3, 0.4) is 0 Å². The molecule has 0 saturated carbocycles. The third-order valence-corrected chi connectivity index (χ3v) is 8.48. The molecule has 206 valence electrons. The van der Waals surface area contributed by atoms with Crippen LogP contribution in [0.5, 0.6) is 0 Å². The van der Waals surface area contributed by atoms with Crippen LogP contribution < -0.4 is 19.5 Å². The van der Waals surface area contributed by atoms with Gasteiger partial charge < -0.3 is 30.8 Å². The van der Waals surface area contributed by atoms with Gasteiger partial charge in [0.1, 0.15) is 18.3 Å². The summed E-state index contributed by atoms with van der Waals surface area (Å²) in [5.74, 6) is 0. The smallest absolute Gasteiger partial charge is 0.187 e. The standard InChI is InChI=1S/C25H23N7O5S3/c26-9-30-38-19-5-16(29-7-17(34)24(36)25(37)18(35)8-33)12-1-2-14-20(39-31-10-27)6-21(40-32-11-28)15-4-3-13(19)22(12)23(14)15/h1-6,17-18,24-25,29-37H,7-8H2. The lowest BCUT2D eigenvalue weighted by Crippen LogP contribution is -2.48. The number of anilines is 1. The van der Waals surface area contributed by atoms with Gasteiger partial charge in [0.05, 0.1) is 12.7 Å². The maximum atomic E-state index is 10.5. The van der Waals surface area contributed by atoms with E-state index in [1.165, 1.54) is 0 Å². The molecule has 0 amide bonds. The van der Waals surface area contributed by atoms with Crippen molar-refractivity contribution in [1.82, 2.24) is 14.2 Å². The fourth-order valence-electron chi connectivity index (χ4n) is 4.43. The first-order chi connectivity index (χ1) is 19.4. The zero-order chi connectivity index (χ0) is 28.8. The van der Waals surface area contributed by atoms with Gasteiger partial charge in [-0.25, -0.2) is 0 Å². The third kappa shape index (κ3) is 5.81. The van der Waals surface area contributed by atoms with Crippen molar-refractivity contribution in [3.8, 4) is 18.6 Å². The van der Waals surface area contributed by atoms with Crippen molar-refractivity contribution in [1.29, 1.82) is 15.8 Å². The van der Waals surface area contributed by atoms with Crippen LogP contribution in [0, 0.1) is 34.4 Å².